The van der Waals surface area contributed by atoms with Crippen molar-refractivity contribution >= 4 is 28.1 Å². The normalized spacial score (nSPS) is 10.3. The van der Waals surface area contributed by atoms with Gasteiger partial charge in [0, 0.05) is 13.2 Å². The third-order valence-corrected chi connectivity index (χ3v) is 3.52. The highest BCUT2D eigenvalue weighted by Gasteiger charge is 2.10. The summed E-state index contributed by atoms with van der Waals surface area (Å²) in [6.45, 7) is 1.79. The Labute approximate surface area is 119 Å². The highest BCUT2D eigenvalue weighted by Crippen LogP contribution is 2.27. The zero-order chi connectivity index (χ0) is 13.5. The molecule has 0 saturated carbocycles. The molecule has 2 heterocycles. The third-order valence-electron chi connectivity index (χ3n) is 2.34. The Morgan fingerprint density at radius 1 is 1.58 bits per heavy atom. The van der Waals surface area contributed by atoms with E-state index in [0.29, 0.717) is 30.3 Å². The topological polar surface area (TPSA) is 71.1 Å². The monoisotopic (exact) mass is 297 g/mol. The molecule has 2 aromatic rings. The minimum atomic E-state index is 0.254. The van der Waals surface area contributed by atoms with Crippen LogP contribution in [0.5, 0.6) is 0 Å². The van der Waals surface area contributed by atoms with Crippen molar-refractivity contribution < 1.29 is 9.15 Å². The van der Waals surface area contributed by atoms with E-state index in [2.05, 4.69) is 9.69 Å². The average molecular weight is 298 g/mol. The van der Waals surface area contributed by atoms with E-state index >= 15 is 0 Å². The Morgan fingerprint density at radius 3 is 3.21 bits per heavy atom. The fourth-order valence-electron chi connectivity index (χ4n) is 1.43. The molecule has 19 heavy (non-hydrogen) atoms. The van der Waals surface area contributed by atoms with E-state index in [1.807, 2.05) is 18.2 Å². The molecule has 1 N–H and O–H groups in total. The fourth-order valence-corrected chi connectivity index (χ4v) is 2.39. The molecule has 0 aliphatic heterocycles. The first-order valence-electron chi connectivity index (χ1n) is 5.70. The van der Waals surface area contributed by atoms with E-state index in [0.717, 1.165) is 12.2 Å². The summed E-state index contributed by atoms with van der Waals surface area (Å²) < 4.78 is 14.5. The Hall–Kier alpha value is -1.55. The molecule has 0 saturated heterocycles. The van der Waals surface area contributed by atoms with Crippen LogP contribution >= 0.6 is 23.1 Å². The number of furan rings is 1. The lowest BCUT2D eigenvalue weighted by atomic mass is 10.3. The van der Waals surface area contributed by atoms with Crippen LogP contribution in [-0.2, 0) is 11.3 Å². The van der Waals surface area contributed by atoms with Crippen molar-refractivity contribution in [2.24, 2.45) is 0 Å². The number of hydrogen-bond acceptors (Lipinski definition) is 6. The lowest BCUT2D eigenvalue weighted by Gasteiger charge is -2.04. The standard InChI is InChI=1S/C12H12ClN3O2S/c13-11-10(7-14)12(19-16-11)15-4-2-5-17-8-9-3-1-6-18-9/h1,3,6,15H,2,4-5,8H2. The van der Waals surface area contributed by atoms with Crippen molar-refractivity contribution in [1.82, 2.24) is 4.37 Å². The predicted octanol–water partition coefficient (Wildman–Crippen LogP) is 3.28. The van der Waals surface area contributed by atoms with Gasteiger partial charge >= 0.3 is 0 Å². The van der Waals surface area contributed by atoms with Crippen LogP contribution in [0.25, 0.3) is 0 Å². The number of nitrogens with zero attached hydrogens (tertiary/aromatic N) is 2. The molecule has 0 aromatic carbocycles. The molecule has 0 aliphatic rings. The van der Waals surface area contributed by atoms with Crippen LogP contribution in [0.2, 0.25) is 5.15 Å². The van der Waals surface area contributed by atoms with Crippen LogP contribution < -0.4 is 5.32 Å². The van der Waals surface area contributed by atoms with Crippen molar-refractivity contribution in [1.29, 1.82) is 5.26 Å². The molecule has 0 unspecified atom stereocenters. The van der Waals surface area contributed by atoms with Crippen molar-refractivity contribution in [2.45, 2.75) is 13.0 Å². The first-order valence-corrected chi connectivity index (χ1v) is 6.85. The third kappa shape index (κ3) is 3.96. The zero-order valence-electron chi connectivity index (χ0n) is 10.1. The van der Waals surface area contributed by atoms with Crippen LogP contribution in [0.4, 0.5) is 5.00 Å². The maximum atomic E-state index is 8.89. The van der Waals surface area contributed by atoms with Gasteiger partial charge in [-0.1, -0.05) is 11.6 Å². The predicted molar refractivity (Wildman–Crippen MR) is 73.3 cm³/mol. The molecular weight excluding hydrogens is 286 g/mol. The van der Waals surface area contributed by atoms with Crippen molar-refractivity contribution in [3.05, 3.63) is 34.9 Å². The van der Waals surface area contributed by atoms with E-state index in [1.165, 1.54) is 11.5 Å². The lowest BCUT2D eigenvalue weighted by Crippen LogP contribution is -2.05. The molecule has 0 atom stereocenters. The molecule has 0 bridgehead atoms. The number of nitriles is 1. The van der Waals surface area contributed by atoms with Gasteiger partial charge in [-0.05, 0) is 30.1 Å². The lowest BCUT2D eigenvalue weighted by molar-refractivity contribution is 0.106. The zero-order valence-corrected chi connectivity index (χ0v) is 11.6. The van der Waals surface area contributed by atoms with E-state index in [1.54, 1.807) is 6.26 Å². The Morgan fingerprint density at radius 2 is 2.47 bits per heavy atom. The molecule has 0 spiro atoms. The van der Waals surface area contributed by atoms with E-state index in [4.69, 9.17) is 26.0 Å². The van der Waals surface area contributed by atoms with Gasteiger partial charge in [0.2, 0.25) is 0 Å². The molecule has 2 aromatic heterocycles. The highest BCUT2D eigenvalue weighted by atomic mass is 35.5. The summed E-state index contributed by atoms with van der Waals surface area (Å²) in [6, 6.07) is 5.73. The van der Waals surface area contributed by atoms with Crippen LogP contribution in [-0.4, -0.2) is 17.5 Å². The summed E-state index contributed by atoms with van der Waals surface area (Å²) in [7, 11) is 0. The molecule has 100 valence electrons. The second kappa shape index (κ2) is 7.14. The second-order valence-electron chi connectivity index (χ2n) is 3.70. The largest absolute Gasteiger partial charge is 0.467 e. The van der Waals surface area contributed by atoms with Gasteiger partial charge in [-0.25, -0.2) is 0 Å². The van der Waals surface area contributed by atoms with Crippen molar-refractivity contribution in [3.63, 3.8) is 0 Å². The summed E-state index contributed by atoms with van der Waals surface area (Å²) in [5.74, 6) is 0.814. The summed E-state index contributed by atoms with van der Waals surface area (Å²) >= 11 is 6.96. The van der Waals surface area contributed by atoms with Gasteiger partial charge in [-0.3, -0.25) is 0 Å². The highest BCUT2D eigenvalue weighted by molar-refractivity contribution is 7.10. The first-order chi connectivity index (χ1) is 9.31. The SMILES string of the molecule is N#Cc1c(Cl)nsc1NCCCOCc1ccco1. The average Bonchev–Trinajstić information content (AvgIpc) is 3.03. The fraction of sp³-hybridized carbons (Fsp3) is 0.333. The minimum Gasteiger partial charge on any atom is -0.467 e. The second-order valence-corrected chi connectivity index (χ2v) is 4.83. The summed E-state index contributed by atoms with van der Waals surface area (Å²) in [6.07, 6.45) is 2.44. The summed E-state index contributed by atoms with van der Waals surface area (Å²) in [5, 5.41) is 13.0. The Kier molecular flexibility index (Phi) is 5.21. The van der Waals surface area contributed by atoms with Crippen LogP contribution in [0.15, 0.2) is 22.8 Å². The number of ether oxygens (including phenoxy) is 1. The van der Waals surface area contributed by atoms with E-state index < -0.39 is 0 Å². The number of halogens is 1. The molecule has 0 amide bonds. The summed E-state index contributed by atoms with van der Waals surface area (Å²) in [4.78, 5) is 0. The number of rotatable bonds is 7. The van der Waals surface area contributed by atoms with E-state index in [-0.39, 0.29) is 5.15 Å². The Bertz CT molecular complexity index is 548. The van der Waals surface area contributed by atoms with Gasteiger partial charge in [-0.15, -0.1) is 0 Å². The minimum absolute atomic E-state index is 0.254. The van der Waals surface area contributed by atoms with Gasteiger partial charge < -0.3 is 14.5 Å². The number of aromatic nitrogens is 1. The smallest absolute Gasteiger partial charge is 0.162 e. The number of nitrogens with one attached hydrogen (secondary N) is 1. The molecule has 0 aliphatic carbocycles. The number of hydrogen-bond donors (Lipinski definition) is 1. The number of anilines is 1. The van der Waals surface area contributed by atoms with Gasteiger partial charge in [0.15, 0.2) is 5.15 Å². The summed E-state index contributed by atoms with van der Waals surface area (Å²) in [5.41, 5.74) is 0.406. The van der Waals surface area contributed by atoms with Crippen LogP contribution in [0.1, 0.15) is 17.7 Å². The van der Waals surface area contributed by atoms with Gasteiger partial charge in [-0.2, -0.15) is 9.64 Å². The van der Waals surface area contributed by atoms with Crippen LogP contribution in [0, 0.1) is 11.3 Å². The maximum absolute atomic E-state index is 8.89. The van der Waals surface area contributed by atoms with Gasteiger partial charge in [0.1, 0.15) is 29.0 Å². The van der Waals surface area contributed by atoms with Crippen molar-refractivity contribution in [3.8, 4) is 6.07 Å². The molecule has 5 nitrogen and oxygen atoms in total. The van der Waals surface area contributed by atoms with E-state index in [9.17, 15) is 0 Å². The van der Waals surface area contributed by atoms with Gasteiger partial charge in [0.05, 0.1) is 6.26 Å². The maximum Gasteiger partial charge on any atom is 0.162 e. The molecule has 0 fully saturated rings. The van der Waals surface area contributed by atoms with Crippen LogP contribution in [0.3, 0.4) is 0 Å². The molecule has 7 heteroatoms. The first kappa shape index (κ1) is 13.9. The molecule has 2 rings (SSSR count). The van der Waals surface area contributed by atoms with Crippen molar-refractivity contribution in [2.75, 3.05) is 18.5 Å². The Balaban J connectivity index is 1.63. The molecule has 0 radical (unpaired) electrons. The quantitative estimate of drug-likeness (QED) is 0.794. The molecular formula is C12H12ClN3O2S. The van der Waals surface area contributed by atoms with Gasteiger partial charge in [0.25, 0.3) is 0 Å².